The maximum absolute atomic E-state index is 13.9. The molecule has 0 unspecified atom stereocenters. The van der Waals surface area contributed by atoms with Gasteiger partial charge in [0.2, 0.25) is 11.8 Å². The minimum absolute atomic E-state index is 0.00658. The highest BCUT2D eigenvalue weighted by atomic mass is 19.4. The van der Waals surface area contributed by atoms with Crippen LogP contribution in [-0.2, 0) is 32.1 Å². The monoisotopic (exact) mass is 926 g/mol. The summed E-state index contributed by atoms with van der Waals surface area (Å²) in [4.78, 5) is 50.4. The molecule has 7 rings (SSSR count). The quantitative estimate of drug-likeness (QED) is 0.0695. The predicted octanol–water partition coefficient (Wildman–Crippen LogP) is 6.16. The van der Waals surface area contributed by atoms with Gasteiger partial charge in [0.25, 0.3) is 0 Å². The number of alkyl halides is 3. The smallest absolute Gasteiger partial charge is 0.405 e. The molecule has 0 spiro atoms. The van der Waals surface area contributed by atoms with E-state index in [1.165, 1.54) is 6.08 Å². The van der Waals surface area contributed by atoms with Crippen LogP contribution >= 0.6 is 0 Å². The van der Waals surface area contributed by atoms with Crippen molar-refractivity contribution < 1.29 is 51.7 Å². The van der Waals surface area contributed by atoms with Gasteiger partial charge in [0.05, 0.1) is 24.4 Å². The molecule has 5 aromatic rings. The molecule has 2 amide bonds. The third-order valence-electron chi connectivity index (χ3n) is 10.8. The van der Waals surface area contributed by atoms with Crippen LogP contribution in [-0.4, -0.2) is 117 Å². The minimum Gasteiger partial charge on any atom is -0.490 e. The number of nitrogens with one attached hydrogen (secondary N) is 2. The average molecular weight is 927 g/mol. The van der Waals surface area contributed by atoms with Gasteiger partial charge < -0.3 is 34.7 Å². The number of β-amino-alcohol motifs (C(OH)–C–C–N with tert-alkyl or cyclic N) is 1. The van der Waals surface area contributed by atoms with Gasteiger partial charge in [0, 0.05) is 73.8 Å². The lowest BCUT2D eigenvalue weighted by Crippen LogP contribution is -2.60. The summed E-state index contributed by atoms with van der Waals surface area (Å²) in [7, 11) is 0. The van der Waals surface area contributed by atoms with Crippen LogP contribution in [0.25, 0.3) is 17.4 Å². The average Bonchev–Trinajstić information content (AvgIpc) is 3.77. The Hall–Kier alpha value is -6.40. The third kappa shape index (κ3) is 15.9. The summed E-state index contributed by atoms with van der Waals surface area (Å²) in [6.45, 7) is 5.10. The first-order valence-corrected chi connectivity index (χ1v) is 22.0. The molecule has 1 fully saturated rings. The largest absolute Gasteiger partial charge is 0.490 e. The number of carbonyl (C=O) groups is 3. The molecule has 5 atom stereocenters. The van der Waals surface area contributed by atoms with Gasteiger partial charge in [0.15, 0.2) is 0 Å². The maximum atomic E-state index is 13.9. The number of hydrogen-bond donors (Lipinski definition) is 4. The molecule has 17 heteroatoms. The normalized spacial score (nSPS) is 18.7. The van der Waals surface area contributed by atoms with Gasteiger partial charge in [-0.15, -0.1) is 0 Å². The zero-order chi connectivity index (χ0) is 48.0. The molecule has 0 saturated carbocycles. The van der Waals surface area contributed by atoms with Crippen molar-refractivity contribution in [2.24, 2.45) is 5.92 Å². The second kappa shape index (κ2) is 23.4. The number of hydrogen-bond acceptors (Lipinski definition) is 12. The Morgan fingerprint density at radius 1 is 0.910 bits per heavy atom. The Balaban J connectivity index is 0.000000421. The van der Waals surface area contributed by atoms with Crippen LogP contribution in [0.5, 0.6) is 5.75 Å². The number of halogens is 3. The van der Waals surface area contributed by atoms with Gasteiger partial charge in [-0.3, -0.25) is 29.4 Å². The van der Waals surface area contributed by atoms with Gasteiger partial charge in [-0.25, -0.2) is 4.79 Å². The number of fused-ring (bicyclic) bond motifs is 1. The highest BCUT2D eigenvalue weighted by Crippen LogP contribution is 2.33. The summed E-state index contributed by atoms with van der Waals surface area (Å²) in [6, 6.07) is 29.4. The molecule has 4 N–H and O–H groups in total. The number of pyridine rings is 2. The predicted molar refractivity (Wildman–Crippen MR) is 244 cm³/mol. The molecule has 3 aromatic heterocycles. The number of aliphatic hydroxyl groups is 2. The molecule has 0 radical (unpaired) electrons. The van der Waals surface area contributed by atoms with Crippen molar-refractivity contribution in [2.75, 3.05) is 39.3 Å². The Labute approximate surface area is 387 Å². The van der Waals surface area contributed by atoms with Crippen molar-refractivity contribution in [1.29, 1.82) is 0 Å². The minimum atomic E-state index is -4.60. The molecular formula is C50H57F3N6O8. The molecule has 0 bridgehead atoms. The van der Waals surface area contributed by atoms with E-state index < -0.39 is 60.3 Å². The Bertz CT molecular complexity index is 2380. The lowest BCUT2D eigenvalue weighted by atomic mass is 9.92. The van der Waals surface area contributed by atoms with E-state index in [1.54, 1.807) is 65.8 Å². The standard InChI is InChI=1S/C38H42F3N5O6.C12H15NO2/c39-38(40,41)24-43-37(50)31-22-45(21-29-13-14-33(52-29)25-8-2-1-3-9-25)16-17-46(31)20-28(47)19-26(18-27-10-6-7-15-42-27)36(49)44-35-30-11-4-5-12-34(30)51-23-32(35)48;1-12(2,3)15-11(14)8-7-10-6-4-5-9-13-10/h1-15,26,28,31-32,35,47-48H,16-24H2,(H,43,50)(H,44,49);4-9H,1-3H3/b;8-7+/t26-,28+,31+,32-,35+;/m1./s1. The van der Waals surface area contributed by atoms with Crippen LogP contribution in [0.1, 0.15) is 55.9 Å². The number of aromatic nitrogens is 2. The van der Waals surface area contributed by atoms with E-state index in [0.29, 0.717) is 41.6 Å². The van der Waals surface area contributed by atoms with Gasteiger partial charge in [0.1, 0.15) is 48.2 Å². The fourth-order valence-electron chi connectivity index (χ4n) is 7.72. The van der Waals surface area contributed by atoms with Crippen LogP contribution < -0.4 is 15.4 Å². The first-order chi connectivity index (χ1) is 32.0. The number of carbonyl (C=O) groups excluding carboxylic acids is 3. The zero-order valence-electron chi connectivity index (χ0n) is 37.6. The molecule has 5 heterocycles. The lowest BCUT2D eigenvalue weighted by molar-refractivity contribution is -0.148. The molecule has 356 valence electrons. The molecule has 1 saturated heterocycles. The number of piperazine rings is 1. The first kappa shape index (κ1) is 50.0. The molecule has 0 aliphatic carbocycles. The van der Waals surface area contributed by atoms with E-state index in [-0.39, 0.29) is 45.1 Å². The Kier molecular flexibility index (Phi) is 17.4. The molecular weight excluding hydrogens is 870 g/mol. The fourth-order valence-corrected chi connectivity index (χ4v) is 7.72. The number of ether oxygens (including phenoxy) is 2. The van der Waals surface area contributed by atoms with Gasteiger partial charge >= 0.3 is 12.1 Å². The van der Waals surface area contributed by atoms with Gasteiger partial charge in [-0.2, -0.15) is 13.2 Å². The number of para-hydroxylation sites is 1. The second-order valence-corrected chi connectivity index (χ2v) is 17.3. The van der Waals surface area contributed by atoms with E-state index in [0.717, 1.165) is 11.3 Å². The number of furan rings is 1. The third-order valence-corrected chi connectivity index (χ3v) is 10.8. The van der Waals surface area contributed by atoms with Crippen LogP contribution in [0.4, 0.5) is 13.2 Å². The molecule has 2 aliphatic heterocycles. The lowest BCUT2D eigenvalue weighted by Gasteiger charge is -2.41. The molecule has 67 heavy (non-hydrogen) atoms. The van der Waals surface area contributed by atoms with E-state index in [4.69, 9.17) is 13.9 Å². The second-order valence-electron chi connectivity index (χ2n) is 17.3. The van der Waals surface area contributed by atoms with Gasteiger partial charge in [-0.05, 0) is 75.7 Å². The van der Waals surface area contributed by atoms with Crippen molar-refractivity contribution in [3.05, 3.63) is 144 Å². The van der Waals surface area contributed by atoms with E-state index in [9.17, 15) is 37.8 Å². The summed E-state index contributed by atoms with van der Waals surface area (Å²) in [5.41, 5.74) is 2.44. The number of nitrogens with zero attached hydrogens (tertiary/aromatic N) is 4. The summed E-state index contributed by atoms with van der Waals surface area (Å²) in [5.74, 6) is -0.496. The zero-order valence-corrected chi connectivity index (χ0v) is 37.6. The van der Waals surface area contributed by atoms with Crippen LogP contribution in [0.15, 0.2) is 126 Å². The summed E-state index contributed by atoms with van der Waals surface area (Å²) >= 11 is 0. The van der Waals surface area contributed by atoms with Crippen molar-refractivity contribution in [3.63, 3.8) is 0 Å². The van der Waals surface area contributed by atoms with E-state index in [1.807, 2.05) is 91.7 Å². The van der Waals surface area contributed by atoms with Crippen LogP contribution in [0, 0.1) is 5.92 Å². The SMILES string of the molecule is CC(C)(C)OC(=O)/C=C/c1ccccn1.O=C(N[C@H]1c2ccccc2OC[C@H]1O)[C@H](Cc1ccccn1)C[C@H](O)CN1CCN(Cc2ccc(-c3ccccc3)o2)C[C@H]1C(=O)NCC(F)(F)F. The first-order valence-electron chi connectivity index (χ1n) is 22.0. The molecule has 2 aliphatic rings. The van der Waals surface area contributed by atoms with Crippen molar-refractivity contribution >= 4 is 23.9 Å². The summed E-state index contributed by atoms with van der Waals surface area (Å²) < 4.78 is 56.1. The van der Waals surface area contributed by atoms with E-state index in [2.05, 4.69) is 15.3 Å². The van der Waals surface area contributed by atoms with Crippen molar-refractivity contribution in [3.8, 4) is 17.1 Å². The van der Waals surface area contributed by atoms with Crippen LogP contribution in [0.3, 0.4) is 0 Å². The Morgan fingerprint density at radius 2 is 1.63 bits per heavy atom. The van der Waals surface area contributed by atoms with Gasteiger partial charge in [-0.1, -0.05) is 60.7 Å². The summed E-state index contributed by atoms with van der Waals surface area (Å²) in [6.07, 6.45) is -0.283. The maximum Gasteiger partial charge on any atom is 0.405 e. The molecule has 2 aromatic carbocycles. The highest BCUT2D eigenvalue weighted by Gasteiger charge is 2.38. The van der Waals surface area contributed by atoms with Crippen LogP contribution in [0.2, 0.25) is 0 Å². The molecule has 14 nitrogen and oxygen atoms in total. The number of esters is 1. The highest BCUT2D eigenvalue weighted by molar-refractivity contribution is 5.87. The van der Waals surface area contributed by atoms with E-state index >= 15 is 0 Å². The fraction of sp³-hybridized carbons (Fsp3) is 0.380. The number of aliphatic hydroxyl groups excluding tert-OH is 2. The van der Waals surface area contributed by atoms with Crippen molar-refractivity contribution in [1.82, 2.24) is 30.4 Å². The topological polar surface area (TPSA) is 180 Å². The Morgan fingerprint density at radius 3 is 2.33 bits per heavy atom. The number of benzene rings is 2. The van der Waals surface area contributed by atoms with Crippen molar-refractivity contribution in [2.45, 2.75) is 76.2 Å². The summed E-state index contributed by atoms with van der Waals surface area (Å²) in [5, 5.41) is 27.1. The number of amides is 2. The number of rotatable bonds is 15.